The van der Waals surface area contributed by atoms with Crippen LogP contribution >= 0.6 is 0 Å². The number of aliphatic carboxylic acids is 1. The van der Waals surface area contributed by atoms with E-state index in [1.165, 1.54) is 12.3 Å². The highest BCUT2D eigenvalue weighted by Gasteiger charge is 2.37. The van der Waals surface area contributed by atoms with Crippen molar-refractivity contribution in [3.63, 3.8) is 0 Å². The van der Waals surface area contributed by atoms with Crippen LogP contribution in [0, 0.1) is 18.8 Å². The molecule has 1 saturated carbocycles. The first-order chi connectivity index (χ1) is 15.2. The summed E-state index contributed by atoms with van der Waals surface area (Å²) in [4.78, 5) is 30.1. The van der Waals surface area contributed by atoms with Crippen LogP contribution in [0.4, 0.5) is 25.0 Å². The van der Waals surface area contributed by atoms with Gasteiger partial charge in [-0.15, -0.1) is 0 Å². The van der Waals surface area contributed by atoms with Gasteiger partial charge in [0.05, 0.1) is 12.1 Å². The minimum absolute atomic E-state index is 0.0231. The number of nitrogens with one attached hydrogen (secondary N) is 1. The molecule has 9 heteroatoms. The maximum atomic E-state index is 13.3. The molecule has 2 aromatic rings. The van der Waals surface area contributed by atoms with Crippen LogP contribution < -0.4 is 15.0 Å². The molecule has 1 heterocycles. The maximum absolute atomic E-state index is 13.3. The van der Waals surface area contributed by atoms with Crippen LogP contribution in [0.5, 0.6) is 5.75 Å². The van der Waals surface area contributed by atoms with Gasteiger partial charge in [0.15, 0.2) is 5.75 Å². The molecule has 32 heavy (non-hydrogen) atoms. The van der Waals surface area contributed by atoms with Crippen molar-refractivity contribution in [1.82, 2.24) is 4.98 Å². The molecule has 2 amide bonds. The number of benzene rings is 1. The Morgan fingerprint density at radius 1 is 1.28 bits per heavy atom. The summed E-state index contributed by atoms with van der Waals surface area (Å²) >= 11 is 0. The number of nitrogens with zero attached hydrogens (tertiary/aromatic N) is 2. The Labute approximate surface area is 185 Å². The molecule has 1 fully saturated rings. The van der Waals surface area contributed by atoms with Gasteiger partial charge in [0.2, 0.25) is 0 Å². The smallest absolute Gasteiger partial charge is 0.387 e. The van der Waals surface area contributed by atoms with Crippen molar-refractivity contribution in [2.45, 2.75) is 46.1 Å². The molecule has 1 aromatic heterocycles. The first-order valence-electron chi connectivity index (χ1n) is 10.5. The summed E-state index contributed by atoms with van der Waals surface area (Å²) in [5.74, 6) is -1.26. The quantitative estimate of drug-likeness (QED) is 0.576. The number of rotatable bonds is 8. The first kappa shape index (κ1) is 23.4. The number of ether oxygens (including phenoxy) is 1. The fourth-order valence-corrected chi connectivity index (χ4v) is 3.86. The minimum atomic E-state index is -3.05. The van der Waals surface area contributed by atoms with E-state index >= 15 is 0 Å². The maximum Gasteiger partial charge on any atom is 0.387 e. The summed E-state index contributed by atoms with van der Waals surface area (Å²) < 4.78 is 30.3. The van der Waals surface area contributed by atoms with Gasteiger partial charge in [-0.1, -0.05) is 32.0 Å². The van der Waals surface area contributed by atoms with E-state index in [1.807, 2.05) is 38.1 Å². The lowest BCUT2D eigenvalue weighted by Crippen LogP contribution is -2.44. The molecule has 7 nitrogen and oxygen atoms in total. The molecular weight excluding hydrogens is 420 g/mol. The van der Waals surface area contributed by atoms with Crippen molar-refractivity contribution in [2.24, 2.45) is 11.8 Å². The number of carboxylic acids is 1. The van der Waals surface area contributed by atoms with E-state index in [0.29, 0.717) is 30.8 Å². The lowest BCUT2D eigenvalue weighted by molar-refractivity contribution is -0.146. The monoisotopic (exact) mass is 447 g/mol. The van der Waals surface area contributed by atoms with Crippen LogP contribution in [0.15, 0.2) is 36.5 Å². The van der Waals surface area contributed by atoms with E-state index in [4.69, 9.17) is 0 Å². The highest BCUT2D eigenvalue weighted by molar-refractivity contribution is 6.03. The lowest BCUT2D eigenvalue weighted by Gasteiger charge is -2.37. The summed E-state index contributed by atoms with van der Waals surface area (Å²) in [6.07, 6.45) is 2.24. The highest BCUT2D eigenvalue weighted by atomic mass is 19.3. The molecule has 1 aromatic carbocycles. The molecule has 172 valence electrons. The number of carbonyl (C=O) groups excluding carboxylic acids is 1. The Balaban J connectivity index is 1.89. The Hall–Kier alpha value is -3.23. The van der Waals surface area contributed by atoms with Crippen molar-refractivity contribution >= 4 is 23.4 Å². The van der Waals surface area contributed by atoms with E-state index in [2.05, 4.69) is 15.0 Å². The first-order valence-corrected chi connectivity index (χ1v) is 10.5. The number of hydrogen-bond donors (Lipinski definition) is 2. The third-order valence-electron chi connectivity index (χ3n) is 5.58. The van der Waals surface area contributed by atoms with Gasteiger partial charge in [-0.25, -0.2) is 4.79 Å². The molecule has 0 spiro atoms. The summed E-state index contributed by atoms with van der Waals surface area (Å²) in [5.41, 5.74) is 2.14. The molecule has 0 bridgehead atoms. The van der Waals surface area contributed by atoms with E-state index < -0.39 is 24.5 Å². The van der Waals surface area contributed by atoms with E-state index in [9.17, 15) is 23.5 Å². The van der Waals surface area contributed by atoms with Gasteiger partial charge >= 0.3 is 18.6 Å². The topological polar surface area (TPSA) is 91.8 Å². The molecule has 0 radical (unpaired) electrons. The standard InChI is InChI=1S/C23H27F2N3O4/c1-13(2)17-6-4-5-7-19(17)28(12-15-9-16(10-15)21(29)30)23(31)27-18-11-26-14(3)8-20(18)32-22(24)25/h4-8,11,13,15-16,22H,9-10,12H2,1-3H3,(H,27,31)(H,29,30). The number of carboxylic acid groups (broad SMARTS) is 1. The average Bonchev–Trinajstić information content (AvgIpc) is 2.68. The van der Waals surface area contributed by atoms with Gasteiger partial charge in [-0.2, -0.15) is 8.78 Å². The van der Waals surface area contributed by atoms with Crippen LogP contribution in [-0.4, -0.2) is 35.2 Å². The zero-order valence-electron chi connectivity index (χ0n) is 18.2. The van der Waals surface area contributed by atoms with Gasteiger partial charge in [0.1, 0.15) is 5.69 Å². The number of para-hydroxylation sites is 1. The molecule has 0 atom stereocenters. The third-order valence-corrected chi connectivity index (χ3v) is 5.58. The van der Waals surface area contributed by atoms with E-state index in [1.54, 1.807) is 11.8 Å². The number of halogens is 2. The Kier molecular flexibility index (Phi) is 7.27. The van der Waals surface area contributed by atoms with Crippen molar-refractivity contribution in [3.8, 4) is 5.75 Å². The van der Waals surface area contributed by atoms with Gasteiger partial charge in [-0.3, -0.25) is 14.7 Å². The Morgan fingerprint density at radius 2 is 1.97 bits per heavy atom. The number of urea groups is 1. The number of hydrogen-bond acceptors (Lipinski definition) is 4. The fraction of sp³-hybridized carbons (Fsp3) is 0.435. The summed E-state index contributed by atoms with van der Waals surface area (Å²) in [7, 11) is 0. The molecule has 2 N–H and O–H groups in total. The van der Waals surface area contributed by atoms with Crippen molar-refractivity contribution < 1.29 is 28.2 Å². The van der Waals surface area contributed by atoms with Gasteiger partial charge in [-0.05, 0) is 43.2 Å². The van der Waals surface area contributed by atoms with Crippen LogP contribution in [-0.2, 0) is 4.79 Å². The average molecular weight is 447 g/mol. The SMILES string of the molecule is Cc1cc(OC(F)F)c(NC(=O)N(CC2CC(C(=O)O)C2)c2ccccc2C(C)C)cn1. The number of aryl methyl sites for hydroxylation is 1. The van der Waals surface area contributed by atoms with Crippen molar-refractivity contribution in [1.29, 1.82) is 0 Å². The van der Waals surface area contributed by atoms with Crippen molar-refractivity contribution in [2.75, 3.05) is 16.8 Å². The predicted octanol–water partition coefficient (Wildman–Crippen LogP) is 5.26. The zero-order chi connectivity index (χ0) is 23.4. The molecule has 1 aliphatic carbocycles. The second kappa shape index (κ2) is 9.93. The van der Waals surface area contributed by atoms with Gasteiger partial charge in [0.25, 0.3) is 0 Å². The van der Waals surface area contributed by atoms with Crippen LogP contribution in [0.25, 0.3) is 0 Å². The predicted molar refractivity (Wildman–Crippen MR) is 116 cm³/mol. The second-order valence-corrected chi connectivity index (χ2v) is 8.33. The number of pyridine rings is 1. The fourth-order valence-electron chi connectivity index (χ4n) is 3.86. The molecule has 0 aliphatic heterocycles. The molecule has 0 unspecified atom stereocenters. The summed E-state index contributed by atoms with van der Waals surface area (Å²) in [5, 5.41) is 11.8. The van der Waals surface area contributed by atoms with Crippen LogP contribution in [0.2, 0.25) is 0 Å². The molecule has 0 saturated heterocycles. The van der Waals surface area contributed by atoms with E-state index in [-0.39, 0.29) is 23.3 Å². The second-order valence-electron chi connectivity index (χ2n) is 8.33. The minimum Gasteiger partial charge on any atom is -0.481 e. The number of alkyl halides is 2. The highest BCUT2D eigenvalue weighted by Crippen LogP contribution is 2.37. The van der Waals surface area contributed by atoms with Gasteiger partial charge < -0.3 is 15.2 Å². The number of amides is 2. The van der Waals surface area contributed by atoms with Crippen LogP contribution in [0.1, 0.15) is 43.9 Å². The van der Waals surface area contributed by atoms with E-state index in [0.717, 1.165) is 5.56 Å². The molecule has 3 rings (SSSR count). The Bertz CT molecular complexity index is 977. The zero-order valence-corrected chi connectivity index (χ0v) is 18.2. The summed E-state index contributed by atoms with van der Waals surface area (Å²) in [6, 6.07) is 8.27. The molecule has 1 aliphatic rings. The Morgan fingerprint density at radius 3 is 2.59 bits per heavy atom. The van der Waals surface area contributed by atoms with Crippen LogP contribution in [0.3, 0.4) is 0 Å². The number of aromatic nitrogens is 1. The normalized spacial score (nSPS) is 17.7. The third kappa shape index (κ3) is 5.52. The van der Waals surface area contributed by atoms with Crippen molar-refractivity contribution in [3.05, 3.63) is 47.8 Å². The summed E-state index contributed by atoms with van der Waals surface area (Å²) in [6.45, 7) is 2.91. The number of anilines is 2. The lowest BCUT2D eigenvalue weighted by atomic mass is 9.74. The van der Waals surface area contributed by atoms with Gasteiger partial charge in [0, 0.05) is 24.0 Å². The molecular formula is C23H27F2N3O4. The largest absolute Gasteiger partial charge is 0.481 e. The number of carbonyl (C=O) groups is 2.